The van der Waals surface area contributed by atoms with Crippen molar-refractivity contribution in [2.45, 2.75) is 39.0 Å². The normalized spacial score (nSPS) is 10.1. The molecule has 0 aromatic heterocycles. The maximum absolute atomic E-state index is 11.0. The number of amides is 1. The number of allylic oxidation sites excluding steroid dienone is 1. The van der Waals surface area contributed by atoms with Crippen molar-refractivity contribution in [1.82, 2.24) is 5.32 Å². The summed E-state index contributed by atoms with van der Waals surface area (Å²) in [6.45, 7) is 6.64. The van der Waals surface area contributed by atoms with Gasteiger partial charge >= 0.3 is 0 Å². The molecule has 0 radical (unpaired) electrons. The molecule has 0 saturated carbocycles. The average molecular weight is 275 g/mol. The minimum Gasteiger partial charge on any atom is -0.397 e. The zero-order chi connectivity index (χ0) is 14.8. The van der Waals surface area contributed by atoms with Crippen LogP contribution in [0.15, 0.2) is 36.5 Å². The van der Waals surface area contributed by atoms with Gasteiger partial charge in [-0.15, -0.1) is 0 Å². The van der Waals surface area contributed by atoms with Crippen LogP contribution in [0.1, 0.15) is 39.0 Å². The minimum absolute atomic E-state index is 0.121. The van der Waals surface area contributed by atoms with Gasteiger partial charge in [0, 0.05) is 18.7 Å². The number of rotatable bonds is 9. The van der Waals surface area contributed by atoms with E-state index >= 15 is 0 Å². The van der Waals surface area contributed by atoms with Gasteiger partial charge in [-0.3, -0.25) is 4.79 Å². The Labute approximate surface area is 121 Å². The Balaban J connectivity index is 2.12. The number of para-hydroxylation sites is 2. The first-order valence-electron chi connectivity index (χ1n) is 7.19. The minimum atomic E-state index is 0.121. The third-order valence-corrected chi connectivity index (χ3v) is 3.07. The number of unbranched alkanes of at least 4 members (excludes halogenated alkanes) is 2. The highest BCUT2D eigenvalue weighted by atomic mass is 16.1. The Bertz CT molecular complexity index is 443. The largest absolute Gasteiger partial charge is 0.397 e. The third kappa shape index (κ3) is 6.27. The lowest BCUT2D eigenvalue weighted by atomic mass is 10.1. The molecule has 4 N–H and O–H groups in total. The summed E-state index contributed by atoms with van der Waals surface area (Å²) in [5.41, 5.74) is 8.48. The average Bonchev–Trinajstić information content (AvgIpc) is 2.44. The summed E-state index contributed by atoms with van der Waals surface area (Å²) < 4.78 is 0. The molecule has 0 bridgehead atoms. The summed E-state index contributed by atoms with van der Waals surface area (Å²) in [6, 6.07) is 7.67. The second-order valence-electron chi connectivity index (χ2n) is 4.83. The summed E-state index contributed by atoms with van der Waals surface area (Å²) in [7, 11) is 0. The molecule has 1 amide bonds. The SMILES string of the molecule is C=C(CCCCCNC(=O)CC)Nc1ccccc1N. The molecule has 4 nitrogen and oxygen atoms in total. The van der Waals surface area contributed by atoms with Crippen molar-refractivity contribution in [3.05, 3.63) is 36.5 Å². The molecule has 0 aliphatic rings. The highest BCUT2D eigenvalue weighted by Gasteiger charge is 2.00. The maximum atomic E-state index is 11.0. The van der Waals surface area contributed by atoms with E-state index in [0.717, 1.165) is 49.3 Å². The van der Waals surface area contributed by atoms with Crippen LogP contribution in [0.4, 0.5) is 11.4 Å². The molecule has 1 aromatic rings. The van der Waals surface area contributed by atoms with Crippen LogP contribution in [0.2, 0.25) is 0 Å². The Morgan fingerprint density at radius 3 is 2.70 bits per heavy atom. The maximum Gasteiger partial charge on any atom is 0.219 e. The van der Waals surface area contributed by atoms with Gasteiger partial charge in [0.15, 0.2) is 0 Å². The molecule has 4 heteroatoms. The molecule has 0 aliphatic heterocycles. The molecule has 0 saturated heterocycles. The van der Waals surface area contributed by atoms with Crippen LogP contribution in [0.5, 0.6) is 0 Å². The number of anilines is 2. The van der Waals surface area contributed by atoms with Crippen molar-refractivity contribution in [3.63, 3.8) is 0 Å². The lowest BCUT2D eigenvalue weighted by Gasteiger charge is -2.11. The summed E-state index contributed by atoms with van der Waals surface area (Å²) in [6.07, 6.45) is 4.61. The summed E-state index contributed by atoms with van der Waals surface area (Å²) in [4.78, 5) is 11.0. The molecule has 0 spiro atoms. The Hall–Kier alpha value is -1.97. The van der Waals surface area contributed by atoms with E-state index in [1.807, 2.05) is 31.2 Å². The van der Waals surface area contributed by atoms with Crippen LogP contribution in [0.3, 0.4) is 0 Å². The second-order valence-corrected chi connectivity index (χ2v) is 4.83. The van der Waals surface area contributed by atoms with Gasteiger partial charge in [0.25, 0.3) is 0 Å². The van der Waals surface area contributed by atoms with Crippen LogP contribution in [0, 0.1) is 0 Å². The first-order chi connectivity index (χ1) is 9.63. The van der Waals surface area contributed by atoms with Gasteiger partial charge in [0.05, 0.1) is 11.4 Å². The van der Waals surface area contributed by atoms with E-state index in [1.54, 1.807) is 0 Å². The molecule has 1 rings (SSSR count). The van der Waals surface area contributed by atoms with Gasteiger partial charge in [0.2, 0.25) is 5.91 Å². The fourth-order valence-electron chi connectivity index (χ4n) is 1.86. The monoisotopic (exact) mass is 275 g/mol. The van der Waals surface area contributed by atoms with Crippen LogP contribution in [-0.4, -0.2) is 12.5 Å². The molecular formula is C16H25N3O. The van der Waals surface area contributed by atoms with Crippen LogP contribution in [0.25, 0.3) is 0 Å². The second kappa shape index (κ2) is 9.02. The first-order valence-corrected chi connectivity index (χ1v) is 7.19. The quantitative estimate of drug-likeness (QED) is 0.478. The van der Waals surface area contributed by atoms with Crippen molar-refractivity contribution in [2.24, 2.45) is 0 Å². The molecule has 0 heterocycles. The summed E-state index contributed by atoms with van der Waals surface area (Å²) in [5.74, 6) is 0.121. The number of nitrogen functional groups attached to an aromatic ring is 1. The van der Waals surface area contributed by atoms with E-state index in [1.165, 1.54) is 0 Å². The van der Waals surface area contributed by atoms with Gasteiger partial charge in [-0.25, -0.2) is 0 Å². The van der Waals surface area contributed by atoms with Crippen molar-refractivity contribution < 1.29 is 4.79 Å². The van der Waals surface area contributed by atoms with E-state index in [9.17, 15) is 4.79 Å². The number of benzene rings is 1. The Kier molecular flexibility index (Phi) is 7.25. The standard InChI is InChI=1S/C16H25N3O/c1-3-16(20)18-12-8-4-5-9-13(2)19-15-11-7-6-10-14(15)17/h6-7,10-11,19H,2-5,8-9,12,17H2,1H3,(H,18,20). The zero-order valence-corrected chi connectivity index (χ0v) is 12.2. The van der Waals surface area contributed by atoms with Crippen LogP contribution >= 0.6 is 0 Å². The number of carbonyl (C=O) groups is 1. The predicted molar refractivity (Wildman–Crippen MR) is 85.4 cm³/mol. The van der Waals surface area contributed by atoms with Crippen LogP contribution < -0.4 is 16.4 Å². The fourth-order valence-corrected chi connectivity index (χ4v) is 1.86. The van der Waals surface area contributed by atoms with E-state index in [4.69, 9.17) is 5.73 Å². The van der Waals surface area contributed by atoms with Crippen molar-refractivity contribution in [3.8, 4) is 0 Å². The number of nitrogens with two attached hydrogens (primary N) is 1. The fraction of sp³-hybridized carbons (Fsp3) is 0.438. The molecule has 0 unspecified atom stereocenters. The lowest BCUT2D eigenvalue weighted by molar-refractivity contribution is -0.120. The van der Waals surface area contributed by atoms with Gasteiger partial charge in [-0.1, -0.05) is 32.1 Å². The van der Waals surface area contributed by atoms with E-state index in [2.05, 4.69) is 17.2 Å². The highest BCUT2D eigenvalue weighted by Crippen LogP contribution is 2.20. The van der Waals surface area contributed by atoms with Gasteiger partial charge in [-0.05, 0) is 31.4 Å². The number of hydrogen-bond acceptors (Lipinski definition) is 3. The molecule has 0 atom stereocenters. The van der Waals surface area contributed by atoms with Crippen molar-refractivity contribution in [1.29, 1.82) is 0 Å². The summed E-state index contributed by atoms with van der Waals surface area (Å²) in [5, 5.41) is 6.11. The van der Waals surface area contributed by atoms with Crippen molar-refractivity contribution in [2.75, 3.05) is 17.6 Å². The van der Waals surface area contributed by atoms with E-state index in [-0.39, 0.29) is 5.91 Å². The zero-order valence-electron chi connectivity index (χ0n) is 12.2. The molecule has 110 valence electrons. The molecule has 1 aromatic carbocycles. The molecule has 0 aliphatic carbocycles. The predicted octanol–water partition coefficient (Wildman–Crippen LogP) is 3.28. The van der Waals surface area contributed by atoms with Gasteiger partial charge < -0.3 is 16.4 Å². The third-order valence-electron chi connectivity index (χ3n) is 3.07. The number of nitrogens with one attached hydrogen (secondary N) is 2. The highest BCUT2D eigenvalue weighted by molar-refractivity contribution is 5.75. The number of carbonyl (C=O) groups excluding carboxylic acids is 1. The van der Waals surface area contributed by atoms with Gasteiger partial charge in [0.1, 0.15) is 0 Å². The summed E-state index contributed by atoms with van der Waals surface area (Å²) >= 11 is 0. The topological polar surface area (TPSA) is 67.2 Å². The smallest absolute Gasteiger partial charge is 0.219 e. The van der Waals surface area contributed by atoms with E-state index < -0.39 is 0 Å². The molecule has 0 fully saturated rings. The van der Waals surface area contributed by atoms with Crippen LogP contribution in [-0.2, 0) is 4.79 Å². The first kappa shape index (κ1) is 16.1. The molecular weight excluding hydrogens is 250 g/mol. The lowest BCUT2D eigenvalue weighted by Crippen LogP contribution is -2.23. The molecule has 20 heavy (non-hydrogen) atoms. The Morgan fingerprint density at radius 1 is 1.25 bits per heavy atom. The Morgan fingerprint density at radius 2 is 2.00 bits per heavy atom. The van der Waals surface area contributed by atoms with E-state index in [0.29, 0.717) is 6.42 Å². The number of hydrogen-bond donors (Lipinski definition) is 3. The van der Waals surface area contributed by atoms with Crippen molar-refractivity contribution >= 4 is 17.3 Å². The van der Waals surface area contributed by atoms with Gasteiger partial charge in [-0.2, -0.15) is 0 Å².